The Kier molecular flexibility index (Phi) is 9.85. The first-order valence-electron chi connectivity index (χ1n) is 6.14. The molecule has 0 rings (SSSR count). The van der Waals surface area contributed by atoms with Gasteiger partial charge in [0.05, 0.1) is 0 Å². The van der Waals surface area contributed by atoms with Crippen LogP contribution in [0.25, 0.3) is 0 Å². The van der Waals surface area contributed by atoms with Gasteiger partial charge >= 0.3 is 0 Å². The molecular formula is C13H29NO. The Morgan fingerprint density at radius 3 is 2.07 bits per heavy atom. The van der Waals surface area contributed by atoms with Crippen LogP contribution in [0.3, 0.4) is 0 Å². The molecule has 92 valence electrons. The third-order valence-electron chi connectivity index (χ3n) is 2.23. The Hall–Kier alpha value is -0.530. The van der Waals surface area contributed by atoms with E-state index in [1.807, 2.05) is 27.7 Å². The lowest BCUT2D eigenvalue weighted by molar-refractivity contribution is -0.124. The van der Waals surface area contributed by atoms with Crippen LogP contribution in [0.1, 0.15) is 61.3 Å². The van der Waals surface area contributed by atoms with Crippen molar-refractivity contribution < 1.29 is 4.79 Å². The monoisotopic (exact) mass is 215 g/mol. The molecule has 0 bridgehead atoms. The SMILES string of the molecule is CC.CCC(C)C(=O)NCCC(C)(C)C. The Morgan fingerprint density at radius 1 is 1.27 bits per heavy atom. The third kappa shape index (κ3) is 11.4. The summed E-state index contributed by atoms with van der Waals surface area (Å²) in [6.45, 7) is 15.3. The van der Waals surface area contributed by atoms with Gasteiger partial charge in [-0.2, -0.15) is 0 Å². The van der Waals surface area contributed by atoms with Crippen molar-refractivity contribution in [2.45, 2.75) is 61.3 Å². The summed E-state index contributed by atoms with van der Waals surface area (Å²) in [5, 5.41) is 2.95. The molecule has 0 aliphatic rings. The zero-order chi connectivity index (χ0) is 12.5. The van der Waals surface area contributed by atoms with Gasteiger partial charge in [0.15, 0.2) is 0 Å². The number of amides is 1. The summed E-state index contributed by atoms with van der Waals surface area (Å²) >= 11 is 0. The van der Waals surface area contributed by atoms with Crippen molar-refractivity contribution in [2.24, 2.45) is 11.3 Å². The van der Waals surface area contributed by atoms with Gasteiger partial charge in [-0.25, -0.2) is 0 Å². The number of carbonyl (C=O) groups excluding carboxylic acids is 1. The highest BCUT2D eigenvalue weighted by Crippen LogP contribution is 2.17. The topological polar surface area (TPSA) is 29.1 Å². The van der Waals surface area contributed by atoms with E-state index in [1.54, 1.807) is 0 Å². The van der Waals surface area contributed by atoms with Crippen LogP contribution in [0, 0.1) is 11.3 Å². The van der Waals surface area contributed by atoms with E-state index in [0.29, 0.717) is 5.41 Å². The summed E-state index contributed by atoms with van der Waals surface area (Å²) in [7, 11) is 0. The summed E-state index contributed by atoms with van der Waals surface area (Å²) < 4.78 is 0. The molecule has 0 aliphatic heterocycles. The first-order chi connectivity index (χ1) is 6.87. The molecule has 0 aromatic carbocycles. The lowest BCUT2D eigenvalue weighted by Gasteiger charge is -2.18. The smallest absolute Gasteiger partial charge is 0.222 e. The normalized spacial score (nSPS) is 12.5. The van der Waals surface area contributed by atoms with Gasteiger partial charge in [0, 0.05) is 12.5 Å². The highest BCUT2D eigenvalue weighted by Gasteiger charge is 2.12. The largest absolute Gasteiger partial charge is 0.356 e. The quantitative estimate of drug-likeness (QED) is 0.762. The predicted octanol–water partition coefficient (Wildman–Crippen LogP) is 3.61. The zero-order valence-corrected chi connectivity index (χ0v) is 11.6. The molecule has 0 saturated carbocycles. The van der Waals surface area contributed by atoms with Crippen LogP contribution in [0.5, 0.6) is 0 Å². The van der Waals surface area contributed by atoms with Crippen molar-refractivity contribution in [3.63, 3.8) is 0 Å². The summed E-state index contributed by atoms with van der Waals surface area (Å²) in [4.78, 5) is 11.3. The van der Waals surface area contributed by atoms with Crippen molar-refractivity contribution in [3.05, 3.63) is 0 Å². The van der Waals surface area contributed by atoms with Crippen LogP contribution >= 0.6 is 0 Å². The average molecular weight is 215 g/mol. The summed E-state index contributed by atoms with van der Waals surface area (Å²) in [5.74, 6) is 0.340. The molecule has 1 atom stereocenters. The Balaban J connectivity index is 0. The summed E-state index contributed by atoms with van der Waals surface area (Å²) in [5.41, 5.74) is 0.308. The molecule has 1 N–H and O–H groups in total. The van der Waals surface area contributed by atoms with Crippen molar-refractivity contribution in [1.82, 2.24) is 5.32 Å². The van der Waals surface area contributed by atoms with Gasteiger partial charge in [-0.05, 0) is 18.3 Å². The summed E-state index contributed by atoms with van der Waals surface area (Å²) in [6.07, 6.45) is 1.95. The molecule has 0 heterocycles. The van der Waals surface area contributed by atoms with Gasteiger partial charge in [-0.3, -0.25) is 4.79 Å². The lowest BCUT2D eigenvalue weighted by atomic mass is 9.92. The number of hydrogen-bond donors (Lipinski definition) is 1. The number of hydrogen-bond acceptors (Lipinski definition) is 1. The van der Waals surface area contributed by atoms with Crippen LogP contribution in [0.2, 0.25) is 0 Å². The third-order valence-corrected chi connectivity index (χ3v) is 2.23. The molecule has 0 aliphatic carbocycles. The number of nitrogens with one attached hydrogen (secondary N) is 1. The molecule has 15 heavy (non-hydrogen) atoms. The van der Waals surface area contributed by atoms with E-state index in [-0.39, 0.29) is 11.8 Å². The van der Waals surface area contributed by atoms with E-state index < -0.39 is 0 Å². The summed E-state index contributed by atoms with van der Waals surface area (Å²) in [6, 6.07) is 0. The fraction of sp³-hybridized carbons (Fsp3) is 0.923. The van der Waals surface area contributed by atoms with Crippen LogP contribution in [-0.4, -0.2) is 12.5 Å². The number of carbonyl (C=O) groups is 1. The molecule has 0 aromatic rings. The highest BCUT2D eigenvalue weighted by molar-refractivity contribution is 5.78. The fourth-order valence-corrected chi connectivity index (χ4v) is 0.920. The molecular weight excluding hydrogens is 186 g/mol. The van der Waals surface area contributed by atoms with Gasteiger partial charge in [0.25, 0.3) is 0 Å². The lowest BCUT2D eigenvalue weighted by Crippen LogP contribution is -2.31. The minimum atomic E-state index is 0.153. The van der Waals surface area contributed by atoms with Gasteiger partial charge in [0.2, 0.25) is 5.91 Å². The minimum Gasteiger partial charge on any atom is -0.356 e. The Labute approximate surface area is 95.8 Å². The standard InChI is InChI=1S/C11H23NO.C2H6/c1-6-9(2)10(13)12-8-7-11(3,4)5;1-2/h9H,6-8H2,1-5H3,(H,12,13);1-2H3. The van der Waals surface area contributed by atoms with E-state index in [2.05, 4.69) is 26.1 Å². The van der Waals surface area contributed by atoms with Crippen molar-refractivity contribution in [1.29, 1.82) is 0 Å². The van der Waals surface area contributed by atoms with E-state index >= 15 is 0 Å². The van der Waals surface area contributed by atoms with Gasteiger partial charge in [-0.15, -0.1) is 0 Å². The fourth-order valence-electron chi connectivity index (χ4n) is 0.920. The molecule has 2 heteroatoms. The molecule has 0 radical (unpaired) electrons. The van der Waals surface area contributed by atoms with E-state index in [4.69, 9.17) is 0 Å². The second-order valence-electron chi connectivity index (χ2n) is 4.91. The second-order valence-corrected chi connectivity index (χ2v) is 4.91. The van der Waals surface area contributed by atoms with E-state index in [9.17, 15) is 4.79 Å². The minimum absolute atomic E-state index is 0.153. The maximum absolute atomic E-state index is 11.3. The molecule has 0 fully saturated rings. The van der Waals surface area contributed by atoms with E-state index in [0.717, 1.165) is 19.4 Å². The van der Waals surface area contributed by atoms with Gasteiger partial charge in [-0.1, -0.05) is 48.5 Å². The van der Waals surface area contributed by atoms with Crippen LogP contribution in [0.4, 0.5) is 0 Å². The second kappa shape index (κ2) is 8.75. The molecule has 0 saturated heterocycles. The molecule has 1 unspecified atom stereocenters. The zero-order valence-electron chi connectivity index (χ0n) is 11.6. The highest BCUT2D eigenvalue weighted by atomic mass is 16.1. The maximum atomic E-state index is 11.3. The van der Waals surface area contributed by atoms with Gasteiger partial charge < -0.3 is 5.32 Å². The first-order valence-corrected chi connectivity index (χ1v) is 6.14. The van der Waals surface area contributed by atoms with E-state index in [1.165, 1.54) is 0 Å². The molecule has 0 spiro atoms. The molecule has 2 nitrogen and oxygen atoms in total. The first kappa shape index (κ1) is 16.9. The van der Waals surface area contributed by atoms with Gasteiger partial charge in [0.1, 0.15) is 0 Å². The van der Waals surface area contributed by atoms with Crippen LogP contribution < -0.4 is 5.32 Å². The molecule has 0 aromatic heterocycles. The predicted molar refractivity (Wildman–Crippen MR) is 67.9 cm³/mol. The molecule has 1 amide bonds. The van der Waals surface area contributed by atoms with Crippen LogP contribution in [0.15, 0.2) is 0 Å². The maximum Gasteiger partial charge on any atom is 0.222 e. The van der Waals surface area contributed by atoms with Crippen molar-refractivity contribution >= 4 is 5.91 Å². The van der Waals surface area contributed by atoms with Crippen molar-refractivity contribution in [3.8, 4) is 0 Å². The number of rotatable bonds is 4. The Morgan fingerprint density at radius 2 is 1.73 bits per heavy atom. The Bertz CT molecular complexity index is 158. The van der Waals surface area contributed by atoms with Crippen LogP contribution in [-0.2, 0) is 4.79 Å². The average Bonchev–Trinajstić information content (AvgIpc) is 2.17. The van der Waals surface area contributed by atoms with Crippen molar-refractivity contribution in [2.75, 3.05) is 6.54 Å².